The van der Waals surface area contributed by atoms with Gasteiger partial charge >= 0.3 is 0 Å². The van der Waals surface area contributed by atoms with Crippen LogP contribution in [0.5, 0.6) is 0 Å². The Morgan fingerprint density at radius 2 is 2.16 bits per heavy atom. The van der Waals surface area contributed by atoms with E-state index in [9.17, 15) is 13.2 Å². The predicted octanol–water partition coefficient (Wildman–Crippen LogP) is 0.342. The number of likely N-dealkylation sites (tertiary alicyclic amines) is 1. The second-order valence-corrected chi connectivity index (χ2v) is 6.85. The van der Waals surface area contributed by atoms with Crippen molar-refractivity contribution in [1.82, 2.24) is 9.62 Å². The molecule has 1 heterocycles. The van der Waals surface area contributed by atoms with Crippen LogP contribution in [0.4, 0.5) is 0 Å². The van der Waals surface area contributed by atoms with Crippen LogP contribution in [0.3, 0.4) is 0 Å². The maximum Gasteiger partial charge on any atom is 0.251 e. The Bertz CT molecular complexity index is 397. The van der Waals surface area contributed by atoms with E-state index < -0.39 is 16.1 Å². The average Bonchev–Trinajstić information content (AvgIpc) is 2.36. The smallest absolute Gasteiger partial charge is 0.251 e. The SMILES string of the molecule is COC(C)C(=O)N1CCCCC1CCNS(C)(=O)=O. The number of hydrogen-bond donors (Lipinski definition) is 1. The number of hydrogen-bond acceptors (Lipinski definition) is 4. The van der Waals surface area contributed by atoms with Crippen molar-refractivity contribution in [3.8, 4) is 0 Å². The standard InChI is InChI=1S/C12H24N2O4S/c1-10(18-2)12(15)14-9-5-4-6-11(14)7-8-13-19(3,16)17/h10-11,13H,4-9H2,1-3H3. The zero-order valence-electron chi connectivity index (χ0n) is 11.9. The molecule has 6 nitrogen and oxygen atoms in total. The molecule has 1 fully saturated rings. The number of carbonyl (C=O) groups is 1. The van der Waals surface area contributed by atoms with E-state index in [2.05, 4.69) is 4.72 Å². The lowest BCUT2D eigenvalue weighted by molar-refractivity contribution is -0.144. The highest BCUT2D eigenvalue weighted by Gasteiger charge is 2.29. The van der Waals surface area contributed by atoms with Crippen LogP contribution in [0.25, 0.3) is 0 Å². The quantitative estimate of drug-likeness (QED) is 0.766. The third-order valence-electron chi connectivity index (χ3n) is 3.45. The Kier molecular flexibility index (Phi) is 6.22. The van der Waals surface area contributed by atoms with Crippen LogP contribution < -0.4 is 4.72 Å². The molecular weight excluding hydrogens is 268 g/mol. The van der Waals surface area contributed by atoms with Crippen LogP contribution in [-0.4, -0.2) is 57.8 Å². The molecule has 1 aliphatic rings. The van der Waals surface area contributed by atoms with Gasteiger partial charge in [0, 0.05) is 26.2 Å². The van der Waals surface area contributed by atoms with Gasteiger partial charge in [-0.25, -0.2) is 13.1 Å². The molecule has 0 radical (unpaired) electrons. The van der Waals surface area contributed by atoms with Gasteiger partial charge in [0.05, 0.1) is 6.26 Å². The normalized spacial score (nSPS) is 22.3. The second-order valence-electron chi connectivity index (χ2n) is 5.01. The first kappa shape index (κ1) is 16.4. The highest BCUT2D eigenvalue weighted by atomic mass is 32.2. The van der Waals surface area contributed by atoms with Gasteiger partial charge in [0.15, 0.2) is 0 Å². The van der Waals surface area contributed by atoms with E-state index >= 15 is 0 Å². The van der Waals surface area contributed by atoms with Crippen molar-refractivity contribution in [2.45, 2.75) is 44.8 Å². The molecule has 0 saturated carbocycles. The summed E-state index contributed by atoms with van der Waals surface area (Å²) in [5.41, 5.74) is 0. The number of ether oxygens (including phenoxy) is 1. The largest absolute Gasteiger partial charge is 0.372 e. The Morgan fingerprint density at radius 3 is 2.74 bits per heavy atom. The summed E-state index contributed by atoms with van der Waals surface area (Å²) in [6, 6.07) is 0.105. The molecule has 19 heavy (non-hydrogen) atoms. The van der Waals surface area contributed by atoms with Gasteiger partial charge in [-0.1, -0.05) is 0 Å². The average molecular weight is 292 g/mol. The van der Waals surface area contributed by atoms with Gasteiger partial charge in [-0.2, -0.15) is 0 Å². The lowest BCUT2D eigenvalue weighted by Crippen LogP contribution is -2.48. The molecule has 2 unspecified atom stereocenters. The summed E-state index contributed by atoms with van der Waals surface area (Å²) in [4.78, 5) is 14.0. The third-order valence-corrected chi connectivity index (χ3v) is 4.18. The lowest BCUT2D eigenvalue weighted by atomic mass is 9.99. The fraction of sp³-hybridized carbons (Fsp3) is 0.917. The van der Waals surface area contributed by atoms with Crippen molar-refractivity contribution in [2.24, 2.45) is 0 Å². The molecule has 0 bridgehead atoms. The summed E-state index contributed by atoms with van der Waals surface area (Å²) in [6.45, 7) is 2.84. The zero-order chi connectivity index (χ0) is 14.5. The molecule has 0 aromatic carbocycles. The number of amides is 1. The topological polar surface area (TPSA) is 75.7 Å². The van der Waals surface area contributed by atoms with Crippen molar-refractivity contribution in [3.05, 3.63) is 0 Å². The van der Waals surface area contributed by atoms with E-state index in [-0.39, 0.29) is 11.9 Å². The van der Waals surface area contributed by atoms with Gasteiger partial charge < -0.3 is 9.64 Å². The number of methoxy groups -OCH3 is 1. The first-order valence-electron chi connectivity index (χ1n) is 6.63. The maximum atomic E-state index is 12.2. The Hall–Kier alpha value is -0.660. The van der Waals surface area contributed by atoms with Gasteiger partial charge in [0.2, 0.25) is 10.0 Å². The van der Waals surface area contributed by atoms with E-state index in [1.807, 2.05) is 4.90 Å². The third kappa shape index (κ3) is 5.46. The van der Waals surface area contributed by atoms with Crippen LogP contribution in [0.1, 0.15) is 32.6 Å². The fourth-order valence-electron chi connectivity index (χ4n) is 2.34. The number of sulfonamides is 1. The predicted molar refractivity (Wildman–Crippen MR) is 73.3 cm³/mol. The molecule has 0 aromatic rings. The van der Waals surface area contributed by atoms with Gasteiger partial charge in [-0.15, -0.1) is 0 Å². The molecule has 0 aromatic heterocycles. The Balaban J connectivity index is 2.55. The highest BCUT2D eigenvalue weighted by molar-refractivity contribution is 7.88. The Morgan fingerprint density at radius 1 is 1.47 bits per heavy atom. The maximum absolute atomic E-state index is 12.2. The Labute approximate surface area is 115 Å². The molecule has 7 heteroatoms. The van der Waals surface area contributed by atoms with Crippen LogP contribution in [0.2, 0.25) is 0 Å². The minimum Gasteiger partial charge on any atom is -0.372 e. The number of nitrogens with one attached hydrogen (secondary N) is 1. The molecule has 1 aliphatic heterocycles. The van der Waals surface area contributed by atoms with Crippen LogP contribution >= 0.6 is 0 Å². The molecule has 1 amide bonds. The molecule has 1 rings (SSSR count). The van der Waals surface area contributed by atoms with Crippen LogP contribution in [0.15, 0.2) is 0 Å². The van der Waals surface area contributed by atoms with Crippen LogP contribution in [-0.2, 0) is 19.6 Å². The van der Waals surface area contributed by atoms with Crippen molar-refractivity contribution < 1.29 is 17.9 Å². The van der Waals surface area contributed by atoms with E-state index in [4.69, 9.17) is 4.74 Å². The van der Waals surface area contributed by atoms with Gasteiger partial charge in [-0.3, -0.25) is 4.79 Å². The minimum absolute atomic E-state index is 0.00782. The summed E-state index contributed by atoms with van der Waals surface area (Å²) in [7, 11) is -1.64. The summed E-state index contributed by atoms with van der Waals surface area (Å²) >= 11 is 0. The number of nitrogens with zero attached hydrogens (tertiary/aromatic N) is 1. The molecule has 1 saturated heterocycles. The number of piperidine rings is 1. The van der Waals surface area contributed by atoms with Crippen molar-refractivity contribution in [3.63, 3.8) is 0 Å². The van der Waals surface area contributed by atoms with E-state index in [1.165, 1.54) is 7.11 Å². The lowest BCUT2D eigenvalue weighted by Gasteiger charge is -2.37. The fourth-order valence-corrected chi connectivity index (χ4v) is 2.82. The van der Waals surface area contributed by atoms with Gasteiger partial charge in [0.25, 0.3) is 5.91 Å². The van der Waals surface area contributed by atoms with Gasteiger partial charge in [0.1, 0.15) is 6.10 Å². The first-order chi connectivity index (χ1) is 8.85. The first-order valence-corrected chi connectivity index (χ1v) is 8.52. The van der Waals surface area contributed by atoms with Crippen molar-refractivity contribution in [2.75, 3.05) is 26.5 Å². The van der Waals surface area contributed by atoms with E-state index in [0.29, 0.717) is 13.0 Å². The molecule has 2 atom stereocenters. The molecule has 0 spiro atoms. The summed E-state index contributed by atoms with van der Waals surface area (Å²) in [5, 5.41) is 0. The van der Waals surface area contributed by atoms with Crippen molar-refractivity contribution >= 4 is 15.9 Å². The monoisotopic (exact) mass is 292 g/mol. The van der Waals surface area contributed by atoms with Gasteiger partial charge in [-0.05, 0) is 32.6 Å². The molecule has 1 N–H and O–H groups in total. The number of rotatable bonds is 6. The summed E-state index contributed by atoms with van der Waals surface area (Å²) in [6.07, 6.45) is 4.35. The molecule has 0 aliphatic carbocycles. The van der Waals surface area contributed by atoms with Crippen LogP contribution in [0, 0.1) is 0 Å². The molecule has 112 valence electrons. The van der Waals surface area contributed by atoms with Crippen molar-refractivity contribution in [1.29, 1.82) is 0 Å². The minimum atomic E-state index is -3.16. The summed E-state index contributed by atoms with van der Waals surface area (Å²) in [5.74, 6) is -0.00782. The number of carbonyl (C=O) groups excluding carboxylic acids is 1. The highest BCUT2D eigenvalue weighted by Crippen LogP contribution is 2.20. The molecular formula is C12H24N2O4S. The zero-order valence-corrected chi connectivity index (χ0v) is 12.7. The van der Waals surface area contributed by atoms with E-state index in [0.717, 1.165) is 32.1 Å². The van der Waals surface area contributed by atoms with E-state index in [1.54, 1.807) is 6.92 Å². The second kappa shape index (κ2) is 7.21. The summed E-state index contributed by atoms with van der Waals surface area (Å²) < 4.78 is 29.6.